The number of hydrogen-bond donors (Lipinski definition) is 1. The van der Waals surface area contributed by atoms with Gasteiger partial charge >= 0.3 is 0 Å². The third kappa shape index (κ3) is 8.25. The molecule has 2 amide bonds. The first-order valence-corrected chi connectivity index (χ1v) is 13.9. The summed E-state index contributed by atoms with van der Waals surface area (Å²) in [6, 6.07) is 13.3. The van der Waals surface area contributed by atoms with Gasteiger partial charge in [0.1, 0.15) is 12.6 Å². The number of nitrogens with one attached hydrogen (secondary N) is 1. The summed E-state index contributed by atoms with van der Waals surface area (Å²) >= 11 is 5.99. The summed E-state index contributed by atoms with van der Waals surface area (Å²) in [4.78, 5) is 27.6. The Bertz CT molecular complexity index is 1110. The minimum absolute atomic E-state index is 0.0963. The van der Waals surface area contributed by atoms with E-state index in [-0.39, 0.29) is 17.9 Å². The van der Waals surface area contributed by atoms with Gasteiger partial charge in [0, 0.05) is 18.1 Å². The predicted molar refractivity (Wildman–Crippen MR) is 142 cm³/mol. The van der Waals surface area contributed by atoms with Gasteiger partial charge < -0.3 is 10.2 Å². The number of halogens is 1. The molecule has 9 heteroatoms. The highest BCUT2D eigenvalue weighted by molar-refractivity contribution is 7.92. The van der Waals surface area contributed by atoms with Crippen LogP contribution in [-0.2, 0) is 31.6 Å². The molecule has 0 radical (unpaired) electrons. The molecule has 0 spiro atoms. The van der Waals surface area contributed by atoms with Crippen molar-refractivity contribution in [3.05, 3.63) is 64.7 Å². The Morgan fingerprint density at radius 1 is 1.03 bits per heavy atom. The van der Waals surface area contributed by atoms with Crippen molar-refractivity contribution in [3.63, 3.8) is 0 Å². The SMILES string of the molecule is CCCNC(=O)[C@H](C)N(Cc1ccc(Cl)cc1)C(=O)CN(c1ccc(C(C)(C)C)cc1)S(C)(=O)=O. The highest BCUT2D eigenvalue weighted by atomic mass is 35.5. The number of anilines is 1. The topological polar surface area (TPSA) is 86.8 Å². The molecular formula is C26H36ClN3O4S. The quantitative estimate of drug-likeness (QED) is 0.503. The molecule has 2 rings (SSSR count). The van der Waals surface area contributed by atoms with Crippen LogP contribution in [0, 0.1) is 0 Å². The average Bonchev–Trinajstić information content (AvgIpc) is 2.78. The largest absolute Gasteiger partial charge is 0.354 e. The van der Waals surface area contributed by atoms with Gasteiger partial charge in [0.05, 0.1) is 11.9 Å². The Labute approximate surface area is 214 Å². The first kappa shape index (κ1) is 28.7. The summed E-state index contributed by atoms with van der Waals surface area (Å²) in [6.45, 7) is 9.99. The van der Waals surface area contributed by atoms with E-state index in [9.17, 15) is 18.0 Å². The summed E-state index contributed by atoms with van der Waals surface area (Å²) < 4.78 is 26.4. The van der Waals surface area contributed by atoms with Crippen LogP contribution < -0.4 is 9.62 Å². The maximum absolute atomic E-state index is 13.5. The molecule has 0 unspecified atom stereocenters. The molecule has 0 saturated heterocycles. The third-order valence-electron chi connectivity index (χ3n) is 5.68. The van der Waals surface area contributed by atoms with Crippen molar-refractivity contribution in [1.82, 2.24) is 10.2 Å². The zero-order chi connectivity index (χ0) is 26.4. The highest BCUT2D eigenvalue weighted by Crippen LogP contribution is 2.26. The first-order chi connectivity index (χ1) is 16.2. The minimum atomic E-state index is -3.77. The van der Waals surface area contributed by atoms with Gasteiger partial charge in [0.25, 0.3) is 0 Å². The fraction of sp³-hybridized carbons (Fsp3) is 0.462. The second kappa shape index (κ2) is 11.9. The number of carbonyl (C=O) groups is 2. The number of amides is 2. The van der Waals surface area contributed by atoms with Crippen molar-refractivity contribution in [1.29, 1.82) is 0 Å². The molecule has 0 fully saturated rings. The van der Waals surface area contributed by atoms with Crippen LogP contribution in [0.1, 0.15) is 52.2 Å². The molecular weight excluding hydrogens is 486 g/mol. The van der Waals surface area contributed by atoms with E-state index in [2.05, 4.69) is 26.1 Å². The van der Waals surface area contributed by atoms with Crippen molar-refractivity contribution in [2.24, 2.45) is 0 Å². The maximum Gasteiger partial charge on any atom is 0.244 e. The fourth-order valence-corrected chi connectivity index (χ4v) is 4.48. The van der Waals surface area contributed by atoms with Gasteiger partial charge in [-0.1, -0.05) is 63.6 Å². The van der Waals surface area contributed by atoms with Crippen LogP contribution in [-0.4, -0.2) is 50.5 Å². The van der Waals surface area contributed by atoms with Crippen LogP contribution >= 0.6 is 11.6 Å². The average molecular weight is 522 g/mol. The lowest BCUT2D eigenvalue weighted by molar-refractivity contribution is -0.139. The van der Waals surface area contributed by atoms with Gasteiger partial charge in [0.15, 0.2) is 0 Å². The van der Waals surface area contributed by atoms with Crippen LogP contribution in [0.15, 0.2) is 48.5 Å². The first-order valence-electron chi connectivity index (χ1n) is 11.6. The monoisotopic (exact) mass is 521 g/mol. The number of benzene rings is 2. The molecule has 1 atom stereocenters. The molecule has 0 aliphatic carbocycles. The summed E-state index contributed by atoms with van der Waals surface area (Å²) in [5.41, 5.74) is 2.12. The van der Waals surface area contributed by atoms with Crippen LogP contribution in [0.4, 0.5) is 5.69 Å². The van der Waals surface area contributed by atoms with Gasteiger partial charge in [-0.05, 0) is 54.2 Å². The molecule has 1 N–H and O–H groups in total. The molecule has 0 bridgehead atoms. The van der Waals surface area contributed by atoms with E-state index in [0.717, 1.165) is 28.1 Å². The van der Waals surface area contributed by atoms with Gasteiger partial charge in [-0.2, -0.15) is 0 Å². The molecule has 35 heavy (non-hydrogen) atoms. The standard InChI is InChI=1S/C26H36ClN3O4S/c1-7-16-28-25(32)19(2)29(17-20-8-12-22(27)13-9-20)24(31)18-30(35(6,33)34)23-14-10-21(11-15-23)26(3,4)5/h8-15,19H,7,16-18H2,1-6H3,(H,28,32)/t19-/m0/s1. The zero-order valence-corrected chi connectivity index (χ0v) is 22.9. The predicted octanol–water partition coefficient (Wildman–Crippen LogP) is 4.35. The smallest absolute Gasteiger partial charge is 0.244 e. The molecule has 192 valence electrons. The van der Waals surface area contributed by atoms with E-state index in [1.165, 1.54) is 4.90 Å². The maximum atomic E-state index is 13.5. The number of rotatable bonds is 10. The second-order valence-corrected chi connectivity index (χ2v) is 12.0. The van der Waals surface area contributed by atoms with E-state index in [0.29, 0.717) is 17.3 Å². The lowest BCUT2D eigenvalue weighted by Crippen LogP contribution is -2.51. The molecule has 7 nitrogen and oxygen atoms in total. The Balaban J connectivity index is 2.37. The van der Waals surface area contributed by atoms with Gasteiger partial charge in [-0.25, -0.2) is 8.42 Å². The number of hydrogen-bond acceptors (Lipinski definition) is 4. The van der Waals surface area contributed by atoms with Crippen LogP contribution in [0.2, 0.25) is 5.02 Å². The van der Waals surface area contributed by atoms with Crippen molar-refractivity contribution >= 4 is 39.1 Å². The summed E-state index contributed by atoms with van der Waals surface area (Å²) in [5.74, 6) is -0.779. The molecule has 2 aromatic rings. The second-order valence-electron chi connectivity index (χ2n) is 9.68. The number of sulfonamides is 1. The van der Waals surface area contributed by atoms with Crippen molar-refractivity contribution in [3.8, 4) is 0 Å². The van der Waals surface area contributed by atoms with E-state index < -0.39 is 28.5 Å². The molecule has 0 aromatic heterocycles. The molecule has 0 aliphatic rings. The lowest BCUT2D eigenvalue weighted by atomic mass is 9.87. The third-order valence-corrected chi connectivity index (χ3v) is 7.08. The number of nitrogens with zero attached hydrogens (tertiary/aromatic N) is 2. The zero-order valence-electron chi connectivity index (χ0n) is 21.3. The van der Waals surface area contributed by atoms with Crippen LogP contribution in [0.25, 0.3) is 0 Å². The highest BCUT2D eigenvalue weighted by Gasteiger charge is 2.30. The minimum Gasteiger partial charge on any atom is -0.354 e. The van der Waals surface area contributed by atoms with Crippen LogP contribution in [0.5, 0.6) is 0 Å². The van der Waals surface area contributed by atoms with Gasteiger partial charge in [-0.15, -0.1) is 0 Å². The van der Waals surface area contributed by atoms with Gasteiger partial charge in [-0.3, -0.25) is 13.9 Å². The summed E-state index contributed by atoms with van der Waals surface area (Å²) in [6.07, 6.45) is 1.83. The molecule has 0 heterocycles. The van der Waals surface area contributed by atoms with Crippen LogP contribution in [0.3, 0.4) is 0 Å². The summed E-state index contributed by atoms with van der Waals surface area (Å²) in [7, 11) is -3.77. The van der Waals surface area contributed by atoms with E-state index in [4.69, 9.17) is 11.6 Å². The van der Waals surface area contributed by atoms with E-state index in [1.807, 2.05) is 19.1 Å². The molecule has 0 aliphatic heterocycles. The van der Waals surface area contributed by atoms with Crippen molar-refractivity contribution in [2.45, 2.75) is 59.0 Å². The lowest BCUT2D eigenvalue weighted by Gasteiger charge is -2.31. The Morgan fingerprint density at radius 2 is 1.60 bits per heavy atom. The molecule has 2 aromatic carbocycles. The normalized spacial score (nSPS) is 12.7. The fourth-order valence-electron chi connectivity index (χ4n) is 3.51. The van der Waals surface area contributed by atoms with Crippen molar-refractivity contribution in [2.75, 3.05) is 23.7 Å². The number of carbonyl (C=O) groups excluding carboxylic acids is 2. The Kier molecular flexibility index (Phi) is 9.75. The summed E-state index contributed by atoms with van der Waals surface area (Å²) in [5, 5.41) is 3.37. The van der Waals surface area contributed by atoms with E-state index in [1.54, 1.807) is 43.3 Å². The Morgan fingerprint density at radius 3 is 2.09 bits per heavy atom. The molecule has 0 saturated carbocycles. The Hall–Kier alpha value is -2.58. The van der Waals surface area contributed by atoms with Gasteiger partial charge in [0.2, 0.25) is 21.8 Å². The van der Waals surface area contributed by atoms with E-state index >= 15 is 0 Å². The van der Waals surface area contributed by atoms with Crippen molar-refractivity contribution < 1.29 is 18.0 Å².